The number of methoxy groups -OCH3 is 2. The van der Waals surface area contributed by atoms with E-state index in [-0.39, 0.29) is 23.0 Å². The smallest absolute Gasteiger partial charge is 0.327 e. The van der Waals surface area contributed by atoms with Gasteiger partial charge in [-0.15, -0.1) is 0 Å². The Morgan fingerprint density at radius 3 is 2.43 bits per heavy atom. The van der Waals surface area contributed by atoms with Crippen LogP contribution in [0.3, 0.4) is 0 Å². The van der Waals surface area contributed by atoms with Gasteiger partial charge in [0.1, 0.15) is 11.4 Å². The Balaban J connectivity index is 3.06. The Bertz CT molecular complexity index is 514. The maximum absolute atomic E-state index is 13.8. The third-order valence-corrected chi connectivity index (χ3v) is 3.18. The number of nitro benzene ring substituents is 1. The van der Waals surface area contributed by atoms with Crippen LogP contribution in [0.4, 0.5) is 15.8 Å². The molecule has 0 spiro atoms. The lowest BCUT2D eigenvalue weighted by Gasteiger charge is -2.29. The van der Waals surface area contributed by atoms with Gasteiger partial charge in [-0.2, -0.15) is 4.39 Å². The van der Waals surface area contributed by atoms with Gasteiger partial charge in [0.2, 0.25) is 5.82 Å². The quantitative estimate of drug-likeness (QED) is 0.645. The van der Waals surface area contributed by atoms with Gasteiger partial charge in [0.25, 0.3) is 0 Å². The molecular formula is C14H21FN2O4. The van der Waals surface area contributed by atoms with E-state index in [2.05, 4.69) is 5.32 Å². The van der Waals surface area contributed by atoms with Gasteiger partial charge in [-0.25, -0.2) is 0 Å². The van der Waals surface area contributed by atoms with Crippen molar-refractivity contribution in [3.63, 3.8) is 0 Å². The number of nitro groups is 1. The maximum Gasteiger partial charge on any atom is 0.327 e. The second-order valence-corrected chi connectivity index (χ2v) is 5.73. The number of nitrogens with zero attached hydrogens (tertiary/aromatic N) is 1. The molecule has 1 aromatic carbocycles. The minimum atomic E-state index is -0.938. The molecule has 0 aliphatic carbocycles. The Morgan fingerprint density at radius 2 is 2.00 bits per heavy atom. The highest BCUT2D eigenvalue weighted by Crippen LogP contribution is 2.33. The standard InChI is InChI=1S/C14H21FN2O4/c1-14(2,3)12(21-5)8-16-11-7-9(20-4)6-10(15)13(11)17(18)19/h6-7,12,16H,8H2,1-5H3. The summed E-state index contributed by atoms with van der Waals surface area (Å²) in [5, 5.41) is 13.9. The van der Waals surface area contributed by atoms with Crippen LogP contribution in [0.15, 0.2) is 12.1 Å². The van der Waals surface area contributed by atoms with Crippen LogP contribution in [-0.2, 0) is 4.74 Å². The fraction of sp³-hybridized carbons (Fsp3) is 0.571. The molecule has 0 aliphatic rings. The second-order valence-electron chi connectivity index (χ2n) is 5.73. The lowest BCUT2D eigenvalue weighted by Crippen LogP contribution is -2.35. The van der Waals surface area contributed by atoms with Crippen molar-refractivity contribution in [1.29, 1.82) is 0 Å². The number of halogens is 1. The zero-order valence-corrected chi connectivity index (χ0v) is 12.9. The molecule has 0 fully saturated rings. The highest BCUT2D eigenvalue weighted by atomic mass is 19.1. The first-order chi connectivity index (χ1) is 9.70. The molecular weight excluding hydrogens is 279 g/mol. The van der Waals surface area contributed by atoms with E-state index in [0.29, 0.717) is 6.54 Å². The van der Waals surface area contributed by atoms with E-state index in [9.17, 15) is 14.5 Å². The fourth-order valence-corrected chi connectivity index (χ4v) is 1.96. The summed E-state index contributed by atoms with van der Waals surface area (Å²) in [6.07, 6.45) is -0.189. The largest absolute Gasteiger partial charge is 0.497 e. The second kappa shape index (κ2) is 6.71. The Hall–Kier alpha value is -1.89. The minimum absolute atomic E-state index is 0.0724. The summed E-state index contributed by atoms with van der Waals surface area (Å²) in [4.78, 5) is 10.3. The van der Waals surface area contributed by atoms with Gasteiger partial charge >= 0.3 is 5.69 Å². The first-order valence-electron chi connectivity index (χ1n) is 6.49. The van der Waals surface area contributed by atoms with Crippen LogP contribution in [0.2, 0.25) is 0 Å². The van der Waals surface area contributed by atoms with Crippen LogP contribution in [0.1, 0.15) is 20.8 Å². The number of anilines is 1. The topological polar surface area (TPSA) is 73.6 Å². The normalized spacial score (nSPS) is 12.9. The van der Waals surface area contributed by atoms with Gasteiger partial charge in [0.05, 0.1) is 18.1 Å². The molecule has 7 heteroatoms. The number of rotatable bonds is 6. The van der Waals surface area contributed by atoms with E-state index in [0.717, 1.165) is 6.07 Å². The predicted octanol–water partition coefficient (Wildman–Crippen LogP) is 3.22. The summed E-state index contributed by atoms with van der Waals surface area (Å²) in [5.74, 6) is -0.725. The molecule has 0 heterocycles. The van der Waals surface area contributed by atoms with Crippen molar-refractivity contribution in [3.8, 4) is 5.75 Å². The summed E-state index contributed by atoms with van der Waals surface area (Å²) in [7, 11) is 2.94. The number of ether oxygens (including phenoxy) is 2. The summed E-state index contributed by atoms with van der Waals surface area (Å²) < 4.78 is 24.1. The van der Waals surface area contributed by atoms with Crippen molar-refractivity contribution in [2.45, 2.75) is 26.9 Å². The first kappa shape index (κ1) is 17.2. The van der Waals surface area contributed by atoms with E-state index in [1.54, 1.807) is 7.11 Å². The molecule has 0 saturated heterocycles. The molecule has 21 heavy (non-hydrogen) atoms. The van der Waals surface area contributed by atoms with Crippen molar-refractivity contribution in [3.05, 3.63) is 28.1 Å². The summed E-state index contributed by atoms with van der Waals surface area (Å²) in [6.45, 7) is 6.28. The molecule has 0 aliphatic heterocycles. The van der Waals surface area contributed by atoms with Crippen LogP contribution < -0.4 is 10.1 Å². The first-order valence-corrected chi connectivity index (χ1v) is 6.49. The molecule has 1 unspecified atom stereocenters. The van der Waals surface area contributed by atoms with Crippen molar-refractivity contribution >= 4 is 11.4 Å². The van der Waals surface area contributed by atoms with Gasteiger partial charge in [0, 0.05) is 25.8 Å². The number of benzene rings is 1. The molecule has 0 aromatic heterocycles. The van der Waals surface area contributed by atoms with Gasteiger partial charge in [-0.1, -0.05) is 20.8 Å². The van der Waals surface area contributed by atoms with Gasteiger partial charge in [-0.3, -0.25) is 10.1 Å². The van der Waals surface area contributed by atoms with Crippen LogP contribution >= 0.6 is 0 Å². The third-order valence-electron chi connectivity index (χ3n) is 3.18. The summed E-state index contributed by atoms with van der Waals surface area (Å²) in [6, 6.07) is 2.39. The van der Waals surface area contributed by atoms with Gasteiger partial charge in [-0.05, 0) is 5.41 Å². The molecule has 0 saturated carbocycles. The molecule has 0 radical (unpaired) electrons. The van der Waals surface area contributed by atoms with E-state index < -0.39 is 16.4 Å². The molecule has 1 atom stereocenters. The Labute approximate surface area is 123 Å². The molecule has 118 valence electrons. The molecule has 1 N–H and O–H groups in total. The van der Waals surface area contributed by atoms with Crippen LogP contribution in [-0.4, -0.2) is 31.8 Å². The fourth-order valence-electron chi connectivity index (χ4n) is 1.96. The predicted molar refractivity (Wildman–Crippen MR) is 78.3 cm³/mol. The summed E-state index contributed by atoms with van der Waals surface area (Å²) in [5.41, 5.74) is -0.684. The zero-order valence-electron chi connectivity index (χ0n) is 12.9. The van der Waals surface area contributed by atoms with Gasteiger partial charge < -0.3 is 14.8 Å². The van der Waals surface area contributed by atoms with Crippen LogP contribution in [0, 0.1) is 21.3 Å². The highest BCUT2D eigenvalue weighted by Gasteiger charge is 2.27. The average Bonchev–Trinajstić information content (AvgIpc) is 2.36. The Morgan fingerprint density at radius 1 is 1.38 bits per heavy atom. The van der Waals surface area contributed by atoms with Crippen LogP contribution in [0.5, 0.6) is 5.75 Å². The third kappa shape index (κ3) is 4.29. The molecule has 0 bridgehead atoms. The SMILES string of the molecule is COc1cc(F)c([N+](=O)[O-])c(NCC(OC)C(C)(C)C)c1. The summed E-state index contributed by atoms with van der Waals surface area (Å²) >= 11 is 0. The van der Waals surface area contributed by atoms with E-state index in [1.165, 1.54) is 13.2 Å². The van der Waals surface area contributed by atoms with E-state index >= 15 is 0 Å². The molecule has 0 amide bonds. The van der Waals surface area contributed by atoms with Crippen molar-refractivity contribution in [1.82, 2.24) is 0 Å². The van der Waals surface area contributed by atoms with E-state index in [1.807, 2.05) is 20.8 Å². The van der Waals surface area contributed by atoms with E-state index in [4.69, 9.17) is 9.47 Å². The molecule has 1 aromatic rings. The van der Waals surface area contributed by atoms with Crippen molar-refractivity contribution < 1.29 is 18.8 Å². The lowest BCUT2D eigenvalue weighted by atomic mass is 9.89. The van der Waals surface area contributed by atoms with Crippen molar-refractivity contribution in [2.24, 2.45) is 5.41 Å². The number of hydrogen-bond acceptors (Lipinski definition) is 5. The van der Waals surface area contributed by atoms with Gasteiger partial charge in [0.15, 0.2) is 0 Å². The lowest BCUT2D eigenvalue weighted by molar-refractivity contribution is -0.386. The molecule has 1 rings (SSSR count). The monoisotopic (exact) mass is 300 g/mol. The maximum atomic E-state index is 13.8. The highest BCUT2D eigenvalue weighted by molar-refractivity contribution is 5.65. The average molecular weight is 300 g/mol. The molecule has 6 nitrogen and oxygen atoms in total. The Kier molecular flexibility index (Phi) is 5.48. The zero-order chi connectivity index (χ0) is 16.2. The van der Waals surface area contributed by atoms with Crippen LogP contribution in [0.25, 0.3) is 0 Å². The number of nitrogens with one attached hydrogen (secondary N) is 1. The van der Waals surface area contributed by atoms with Crippen molar-refractivity contribution in [2.75, 3.05) is 26.1 Å². The minimum Gasteiger partial charge on any atom is -0.497 e. The number of hydrogen-bond donors (Lipinski definition) is 1.